The molecule has 2 aliphatic rings. The second-order valence-corrected chi connectivity index (χ2v) is 7.01. The summed E-state index contributed by atoms with van der Waals surface area (Å²) in [6.45, 7) is 10.1. The lowest BCUT2D eigenvalue weighted by molar-refractivity contribution is -0.147. The molecule has 1 saturated heterocycles. The third-order valence-corrected chi connectivity index (χ3v) is 4.69. The fourth-order valence-electron chi connectivity index (χ4n) is 3.22. The van der Waals surface area contributed by atoms with Crippen molar-refractivity contribution in [3.05, 3.63) is 47.6 Å². The van der Waals surface area contributed by atoms with Crippen LogP contribution >= 0.6 is 0 Å². The zero-order valence-electron chi connectivity index (χ0n) is 16.2. The molecule has 0 spiro atoms. The molecule has 0 aromatic carbocycles. The van der Waals surface area contributed by atoms with Crippen molar-refractivity contribution >= 4 is 17.9 Å². The topological polar surface area (TPSA) is 99.1 Å². The third kappa shape index (κ3) is 5.42. The largest absolute Gasteiger partial charge is 0.461 e. The summed E-state index contributed by atoms with van der Waals surface area (Å²) in [7, 11) is 0. The summed E-state index contributed by atoms with van der Waals surface area (Å²) < 4.78 is 16.1. The Bertz CT molecular complexity index is 744. The van der Waals surface area contributed by atoms with Gasteiger partial charge in [0.2, 0.25) is 0 Å². The molecular weight excluding hydrogens is 364 g/mol. The highest BCUT2D eigenvalue weighted by Gasteiger charge is 2.44. The van der Waals surface area contributed by atoms with Crippen LogP contribution in [0.3, 0.4) is 0 Å². The van der Waals surface area contributed by atoms with E-state index in [0.29, 0.717) is 18.4 Å². The van der Waals surface area contributed by atoms with Crippen molar-refractivity contribution < 1.29 is 33.7 Å². The van der Waals surface area contributed by atoms with Crippen LogP contribution in [0.2, 0.25) is 0 Å². The maximum Gasteiger partial charge on any atom is 0.334 e. The molecule has 0 aromatic heterocycles. The maximum absolute atomic E-state index is 12.2. The molecule has 1 aliphatic carbocycles. The van der Waals surface area contributed by atoms with E-state index in [1.54, 1.807) is 6.08 Å². The predicted molar refractivity (Wildman–Crippen MR) is 101 cm³/mol. The van der Waals surface area contributed by atoms with Crippen molar-refractivity contribution in [2.75, 3.05) is 13.2 Å². The van der Waals surface area contributed by atoms with Crippen molar-refractivity contribution in [3.63, 3.8) is 0 Å². The molecule has 28 heavy (non-hydrogen) atoms. The van der Waals surface area contributed by atoms with Gasteiger partial charge in [-0.3, -0.25) is 4.79 Å². The Hall–Kier alpha value is -2.67. The van der Waals surface area contributed by atoms with E-state index in [2.05, 4.69) is 13.2 Å². The SMILES string of the molecule is C=C(C)C(=O)O[C@@H]1C/C(CO)=C/CC/C(COC(C)=O)=C\[C@@H]2OC(=O)C(=C)[C@@H]21. The van der Waals surface area contributed by atoms with E-state index in [0.717, 1.165) is 5.57 Å². The lowest BCUT2D eigenvalue weighted by Gasteiger charge is -2.28. The van der Waals surface area contributed by atoms with Crippen LogP contribution in [0.1, 0.15) is 33.1 Å². The normalized spacial score (nSPS) is 28.8. The van der Waals surface area contributed by atoms with Crippen LogP contribution in [0, 0.1) is 5.92 Å². The number of esters is 3. The van der Waals surface area contributed by atoms with Crippen LogP contribution in [-0.4, -0.2) is 48.4 Å². The van der Waals surface area contributed by atoms with Gasteiger partial charge in [0.15, 0.2) is 0 Å². The summed E-state index contributed by atoms with van der Waals surface area (Å²) in [4.78, 5) is 35.5. The van der Waals surface area contributed by atoms with Crippen LogP contribution in [0.15, 0.2) is 47.6 Å². The Morgan fingerprint density at radius 3 is 2.64 bits per heavy atom. The number of carbonyl (C=O) groups is 3. The Kier molecular flexibility index (Phi) is 7.34. The first kappa shape index (κ1) is 21.6. The first-order chi connectivity index (χ1) is 13.2. The van der Waals surface area contributed by atoms with Crippen LogP contribution in [0.25, 0.3) is 0 Å². The van der Waals surface area contributed by atoms with Gasteiger partial charge in [0.1, 0.15) is 18.8 Å². The second kappa shape index (κ2) is 9.50. The van der Waals surface area contributed by atoms with E-state index in [9.17, 15) is 19.5 Å². The number of ether oxygens (including phenoxy) is 3. The molecule has 1 aliphatic heterocycles. The number of fused-ring (bicyclic) bond motifs is 1. The van der Waals surface area contributed by atoms with E-state index >= 15 is 0 Å². The van der Waals surface area contributed by atoms with Crippen molar-refractivity contribution in [2.24, 2.45) is 5.92 Å². The Balaban J connectivity index is 2.41. The third-order valence-electron chi connectivity index (χ3n) is 4.69. The highest BCUT2D eigenvalue weighted by atomic mass is 16.6. The summed E-state index contributed by atoms with van der Waals surface area (Å²) in [6, 6.07) is 0. The van der Waals surface area contributed by atoms with Crippen LogP contribution in [0.4, 0.5) is 0 Å². The summed E-state index contributed by atoms with van der Waals surface area (Å²) in [5, 5.41) is 9.70. The van der Waals surface area contributed by atoms with Crippen LogP contribution in [-0.2, 0) is 28.6 Å². The minimum atomic E-state index is -0.754. The number of allylic oxidation sites excluding steroid dienone is 1. The van der Waals surface area contributed by atoms with Gasteiger partial charge in [-0.25, -0.2) is 9.59 Å². The van der Waals surface area contributed by atoms with Gasteiger partial charge in [-0.15, -0.1) is 0 Å². The average molecular weight is 390 g/mol. The van der Waals surface area contributed by atoms with E-state index in [1.165, 1.54) is 13.8 Å². The van der Waals surface area contributed by atoms with E-state index in [-0.39, 0.29) is 30.8 Å². The Morgan fingerprint density at radius 1 is 1.32 bits per heavy atom. The van der Waals surface area contributed by atoms with Gasteiger partial charge in [-0.05, 0) is 37.0 Å². The molecule has 0 unspecified atom stereocenters. The van der Waals surface area contributed by atoms with Gasteiger partial charge in [0, 0.05) is 24.5 Å². The molecule has 2 rings (SSSR count). The number of carbonyl (C=O) groups excluding carboxylic acids is 3. The molecule has 3 atom stereocenters. The van der Waals surface area contributed by atoms with Crippen molar-refractivity contribution in [1.29, 1.82) is 0 Å². The molecule has 1 heterocycles. The lowest BCUT2D eigenvalue weighted by atomic mass is 9.85. The highest BCUT2D eigenvalue weighted by Crippen LogP contribution is 2.36. The number of aliphatic hydroxyl groups excluding tert-OH is 1. The number of aliphatic hydroxyl groups is 1. The lowest BCUT2D eigenvalue weighted by Crippen LogP contribution is -2.34. The number of rotatable bonds is 5. The zero-order chi connectivity index (χ0) is 20.8. The average Bonchev–Trinajstić information content (AvgIpc) is 2.91. The van der Waals surface area contributed by atoms with Gasteiger partial charge in [-0.1, -0.05) is 19.2 Å². The first-order valence-electron chi connectivity index (χ1n) is 9.10. The second-order valence-electron chi connectivity index (χ2n) is 7.01. The maximum atomic E-state index is 12.2. The van der Waals surface area contributed by atoms with Crippen molar-refractivity contribution in [1.82, 2.24) is 0 Å². The number of hydrogen-bond donors (Lipinski definition) is 1. The molecule has 1 fully saturated rings. The molecule has 0 bridgehead atoms. The molecule has 0 saturated carbocycles. The molecular formula is C21H26O7. The monoisotopic (exact) mass is 390 g/mol. The standard InChI is InChI=1S/C21H26O7/c1-12(2)20(24)27-17-8-15(10-22)6-5-7-16(11-26-14(4)23)9-18-19(17)13(3)21(25)28-18/h6,9,17-19,22H,1,3,5,7-8,10-11H2,2,4H3/b15-6-,16-9+/t17-,18+,19-/m1/s1. The molecule has 0 aromatic rings. The van der Waals surface area contributed by atoms with Crippen molar-refractivity contribution in [2.45, 2.75) is 45.3 Å². The van der Waals surface area contributed by atoms with E-state index in [1.807, 2.05) is 6.08 Å². The van der Waals surface area contributed by atoms with Crippen LogP contribution < -0.4 is 0 Å². The fourth-order valence-corrected chi connectivity index (χ4v) is 3.22. The molecule has 0 amide bonds. The fraction of sp³-hybridized carbons (Fsp3) is 0.476. The van der Waals surface area contributed by atoms with E-state index in [4.69, 9.17) is 14.2 Å². The Morgan fingerprint density at radius 2 is 2.04 bits per heavy atom. The first-order valence-corrected chi connectivity index (χ1v) is 9.10. The molecule has 0 radical (unpaired) electrons. The van der Waals surface area contributed by atoms with Gasteiger partial charge in [-0.2, -0.15) is 0 Å². The molecule has 7 nitrogen and oxygen atoms in total. The van der Waals surface area contributed by atoms with Gasteiger partial charge in [0.05, 0.1) is 12.5 Å². The predicted octanol–water partition coefficient (Wildman–Crippen LogP) is 2.16. The Labute approximate surface area is 164 Å². The minimum absolute atomic E-state index is 0.0705. The summed E-state index contributed by atoms with van der Waals surface area (Å²) in [6.07, 6.45) is 3.56. The number of hydrogen-bond acceptors (Lipinski definition) is 7. The highest BCUT2D eigenvalue weighted by molar-refractivity contribution is 5.91. The van der Waals surface area contributed by atoms with Gasteiger partial charge in [0.25, 0.3) is 0 Å². The van der Waals surface area contributed by atoms with E-state index < -0.39 is 36.0 Å². The molecule has 1 N–H and O–H groups in total. The minimum Gasteiger partial charge on any atom is -0.461 e. The smallest absolute Gasteiger partial charge is 0.334 e. The summed E-state index contributed by atoms with van der Waals surface area (Å²) in [5.74, 6) is -2.18. The molecule has 152 valence electrons. The zero-order valence-corrected chi connectivity index (χ0v) is 16.2. The summed E-state index contributed by atoms with van der Waals surface area (Å²) in [5.41, 5.74) is 1.88. The van der Waals surface area contributed by atoms with Gasteiger partial charge >= 0.3 is 17.9 Å². The summed E-state index contributed by atoms with van der Waals surface area (Å²) >= 11 is 0. The quantitative estimate of drug-likeness (QED) is 0.332. The van der Waals surface area contributed by atoms with Gasteiger partial charge < -0.3 is 19.3 Å². The van der Waals surface area contributed by atoms with Crippen molar-refractivity contribution in [3.8, 4) is 0 Å². The van der Waals surface area contributed by atoms with Crippen LogP contribution in [0.5, 0.6) is 0 Å². The molecule has 7 heteroatoms.